The Kier molecular flexibility index (Phi) is 5.02. The zero-order valence-electron chi connectivity index (χ0n) is 12.1. The fourth-order valence-corrected chi connectivity index (χ4v) is 1.89. The average molecular weight is 300 g/mol. The Morgan fingerprint density at radius 3 is 2.50 bits per heavy atom. The fraction of sp³-hybridized carbons (Fsp3) is 0.200. The van der Waals surface area contributed by atoms with Gasteiger partial charge in [-0.05, 0) is 30.2 Å². The molecule has 0 radical (unpaired) electrons. The van der Waals surface area contributed by atoms with Crippen LogP contribution in [-0.2, 0) is 11.2 Å². The number of nitrogens with zero attached hydrogens (tertiary/aromatic N) is 2. The summed E-state index contributed by atoms with van der Waals surface area (Å²) in [5, 5.41) is 16.3. The Balaban J connectivity index is 1.83. The van der Waals surface area contributed by atoms with Gasteiger partial charge >= 0.3 is 0 Å². The lowest BCUT2D eigenvalue weighted by molar-refractivity contribution is -0.385. The summed E-state index contributed by atoms with van der Waals surface area (Å²) in [5.74, 6) is 0.499. The smallest absolute Gasteiger partial charge is 0.287 e. The molecule has 1 amide bonds. The van der Waals surface area contributed by atoms with Gasteiger partial charge in [-0.15, -0.1) is 0 Å². The van der Waals surface area contributed by atoms with E-state index in [0.29, 0.717) is 12.4 Å². The maximum absolute atomic E-state index is 10.9. The van der Waals surface area contributed by atoms with Crippen molar-refractivity contribution in [1.29, 1.82) is 0 Å². The highest BCUT2D eigenvalue weighted by molar-refractivity contribution is 5.88. The molecule has 1 aromatic carbocycles. The highest BCUT2D eigenvalue weighted by Gasteiger charge is 2.04. The van der Waals surface area contributed by atoms with Crippen LogP contribution >= 0.6 is 0 Å². The van der Waals surface area contributed by atoms with Crippen molar-refractivity contribution in [3.8, 4) is 0 Å². The van der Waals surface area contributed by atoms with Gasteiger partial charge < -0.3 is 10.6 Å². The van der Waals surface area contributed by atoms with Gasteiger partial charge in [-0.25, -0.2) is 4.98 Å². The first kappa shape index (κ1) is 15.4. The predicted molar refractivity (Wildman–Crippen MR) is 83.8 cm³/mol. The van der Waals surface area contributed by atoms with Crippen molar-refractivity contribution in [2.24, 2.45) is 0 Å². The summed E-state index contributed by atoms with van der Waals surface area (Å²) in [5.41, 5.74) is 1.85. The first-order valence-corrected chi connectivity index (χ1v) is 6.75. The lowest BCUT2D eigenvalue weighted by atomic mass is 10.1. The minimum atomic E-state index is -0.479. The molecule has 1 heterocycles. The van der Waals surface area contributed by atoms with E-state index in [-0.39, 0.29) is 11.6 Å². The van der Waals surface area contributed by atoms with Gasteiger partial charge in [0.15, 0.2) is 0 Å². The molecule has 1 aromatic heterocycles. The first-order chi connectivity index (χ1) is 10.5. The molecule has 0 aliphatic heterocycles. The Bertz CT molecular complexity index is 653. The molecule has 0 atom stereocenters. The second kappa shape index (κ2) is 7.16. The van der Waals surface area contributed by atoms with Crippen LogP contribution in [0.25, 0.3) is 0 Å². The summed E-state index contributed by atoms with van der Waals surface area (Å²) in [6.07, 6.45) is 2.00. The van der Waals surface area contributed by atoms with Gasteiger partial charge in [0.05, 0.1) is 4.92 Å². The molecule has 114 valence electrons. The molecule has 22 heavy (non-hydrogen) atoms. The van der Waals surface area contributed by atoms with E-state index in [1.54, 1.807) is 6.07 Å². The van der Waals surface area contributed by atoms with Crippen LogP contribution in [0.3, 0.4) is 0 Å². The number of anilines is 2. The van der Waals surface area contributed by atoms with Crippen LogP contribution in [0, 0.1) is 10.1 Å². The molecule has 0 bridgehead atoms. The SMILES string of the molecule is CC(=O)Nc1ccc(CCNc2ccc([N+](=O)[O-])cn2)cc1. The topological polar surface area (TPSA) is 97.2 Å². The van der Waals surface area contributed by atoms with Crippen molar-refractivity contribution >= 4 is 23.1 Å². The summed E-state index contributed by atoms with van der Waals surface area (Å²) in [6.45, 7) is 2.12. The van der Waals surface area contributed by atoms with E-state index in [0.717, 1.165) is 17.7 Å². The van der Waals surface area contributed by atoms with Gasteiger partial charge in [-0.2, -0.15) is 0 Å². The van der Waals surface area contributed by atoms with Crippen molar-refractivity contribution in [2.45, 2.75) is 13.3 Å². The van der Waals surface area contributed by atoms with Gasteiger partial charge in [0.1, 0.15) is 12.0 Å². The van der Waals surface area contributed by atoms with E-state index in [9.17, 15) is 14.9 Å². The third-order valence-corrected chi connectivity index (χ3v) is 2.95. The lowest BCUT2D eigenvalue weighted by Gasteiger charge is -2.07. The molecule has 2 aromatic rings. The van der Waals surface area contributed by atoms with Crippen LogP contribution in [0.15, 0.2) is 42.6 Å². The Labute approximate surface area is 127 Å². The van der Waals surface area contributed by atoms with Crippen molar-refractivity contribution in [1.82, 2.24) is 4.98 Å². The van der Waals surface area contributed by atoms with Crippen molar-refractivity contribution < 1.29 is 9.72 Å². The van der Waals surface area contributed by atoms with Gasteiger partial charge in [0.2, 0.25) is 5.91 Å². The minimum absolute atomic E-state index is 0.0286. The zero-order valence-corrected chi connectivity index (χ0v) is 12.1. The number of hydrogen-bond acceptors (Lipinski definition) is 5. The first-order valence-electron chi connectivity index (χ1n) is 6.75. The Hall–Kier alpha value is -2.96. The molecule has 2 N–H and O–H groups in total. The lowest BCUT2D eigenvalue weighted by Crippen LogP contribution is -2.07. The maximum Gasteiger partial charge on any atom is 0.287 e. The number of hydrogen-bond donors (Lipinski definition) is 2. The molecule has 0 aliphatic carbocycles. The van der Waals surface area contributed by atoms with Crippen LogP contribution in [0.1, 0.15) is 12.5 Å². The van der Waals surface area contributed by atoms with Crippen LogP contribution in [0.5, 0.6) is 0 Å². The zero-order chi connectivity index (χ0) is 15.9. The van der Waals surface area contributed by atoms with Crippen molar-refractivity contribution in [3.63, 3.8) is 0 Å². The monoisotopic (exact) mass is 300 g/mol. The number of carbonyl (C=O) groups is 1. The molecule has 7 heteroatoms. The third-order valence-electron chi connectivity index (χ3n) is 2.95. The second-order valence-electron chi connectivity index (χ2n) is 4.71. The number of nitro groups is 1. The molecule has 7 nitrogen and oxygen atoms in total. The van der Waals surface area contributed by atoms with E-state index in [2.05, 4.69) is 15.6 Å². The summed E-state index contributed by atoms with van der Waals surface area (Å²) < 4.78 is 0. The maximum atomic E-state index is 10.9. The van der Waals surface area contributed by atoms with Crippen LogP contribution < -0.4 is 10.6 Å². The summed E-state index contributed by atoms with van der Waals surface area (Å²) >= 11 is 0. The number of rotatable bonds is 6. The Morgan fingerprint density at radius 2 is 1.95 bits per heavy atom. The summed E-state index contributed by atoms with van der Waals surface area (Å²) in [4.78, 5) is 24.9. The van der Waals surface area contributed by atoms with E-state index in [1.807, 2.05) is 24.3 Å². The molecule has 0 fully saturated rings. The largest absolute Gasteiger partial charge is 0.370 e. The van der Waals surface area contributed by atoms with Crippen LogP contribution in [0.2, 0.25) is 0 Å². The van der Waals surface area contributed by atoms with E-state index in [4.69, 9.17) is 0 Å². The van der Waals surface area contributed by atoms with Crippen molar-refractivity contribution in [3.05, 3.63) is 58.3 Å². The molecule has 0 saturated carbocycles. The minimum Gasteiger partial charge on any atom is -0.370 e. The predicted octanol–water partition coefficient (Wildman–Crippen LogP) is 2.60. The van der Waals surface area contributed by atoms with Gasteiger partial charge in [-0.1, -0.05) is 12.1 Å². The highest BCUT2D eigenvalue weighted by atomic mass is 16.6. The average Bonchev–Trinajstić information content (AvgIpc) is 2.49. The standard InChI is InChI=1S/C15H16N4O3/c1-11(20)18-13-4-2-12(3-5-13)8-9-16-15-7-6-14(10-17-15)19(21)22/h2-7,10H,8-9H2,1H3,(H,16,17)(H,18,20). The fourth-order valence-electron chi connectivity index (χ4n) is 1.89. The van der Waals surface area contributed by atoms with E-state index in [1.165, 1.54) is 19.2 Å². The quantitative estimate of drug-likeness (QED) is 0.631. The molecule has 2 rings (SSSR count). The number of nitrogens with one attached hydrogen (secondary N) is 2. The molecule has 0 unspecified atom stereocenters. The van der Waals surface area contributed by atoms with Crippen LogP contribution in [0.4, 0.5) is 17.2 Å². The summed E-state index contributed by atoms with van der Waals surface area (Å²) in [7, 11) is 0. The van der Waals surface area contributed by atoms with E-state index >= 15 is 0 Å². The van der Waals surface area contributed by atoms with Crippen LogP contribution in [-0.4, -0.2) is 22.4 Å². The number of amides is 1. The van der Waals surface area contributed by atoms with Gasteiger partial charge in [0, 0.05) is 25.2 Å². The number of pyridine rings is 1. The number of aromatic nitrogens is 1. The molecular formula is C15H16N4O3. The Morgan fingerprint density at radius 1 is 1.23 bits per heavy atom. The second-order valence-corrected chi connectivity index (χ2v) is 4.71. The third kappa shape index (κ3) is 4.55. The normalized spacial score (nSPS) is 10.0. The van der Waals surface area contributed by atoms with Crippen molar-refractivity contribution in [2.75, 3.05) is 17.2 Å². The number of benzene rings is 1. The van der Waals surface area contributed by atoms with Gasteiger partial charge in [0.25, 0.3) is 5.69 Å². The number of carbonyl (C=O) groups excluding carboxylic acids is 1. The summed E-state index contributed by atoms with van der Waals surface area (Å²) in [6, 6.07) is 10.6. The molecule has 0 spiro atoms. The molecule has 0 saturated heterocycles. The molecular weight excluding hydrogens is 284 g/mol. The molecule has 0 aliphatic rings. The highest BCUT2D eigenvalue weighted by Crippen LogP contribution is 2.13. The van der Waals surface area contributed by atoms with E-state index < -0.39 is 4.92 Å². The van der Waals surface area contributed by atoms with Gasteiger partial charge in [-0.3, -0.25) is 14.9 Å².